The van der Waals surface area contributed by atoms with Crippen molar-refractivity contribution >= 4 is 22.0 Å². The van der Waals surface area contributed by atoms with Gasteiger partial charge in [0, 0.05) is 17.5 Å². The highest BCUT2D eigenvalue weighted by Crippen LogP contribution is 2.34. The fourth-order valence-corrected chi connectivity index (χ4v) is 2.93. The Morgan fingerprint density at radius 3 is 2.31 bits per heavy atom. The summed E-state index contributed by atoms with van der Waals surface area (Å²) in [6.45, 7) is 0.258. The predicted molar refractivity (Wildman–Crippen MR) is 98.5 cm³/mol. The number of hydrogen-bond donors (Lipinski definition) is 3. The monoisotopic (exact) mass is 375 g/mol. The molecule has 3 aromatic rings. The lowest BCUT2D eigenvalue weighted by molar-refractivity contribution is 0.356. The summed E-state index contributed by atoms with van der Waals surface area (Å²) in [6.07, 6.45) is 0. The minimum absolute atomic E-state index is 0.258. The molecule has 0 bridgehead atoms. The van der Waals surface area contributed by atoms with Crippen molar-refractivity contribution in [1.29, 1.82) is 0 Å². The molecule has 1 atom stereocenters. The Kier molecular flexibility index (Phi) is 5.31. The van der Waals surface area contributed by atoms with Crippen LogP contribution in [0, 0.1) is 0 Å². The van der Waals surface area contributed by atoms with E-state index in [-0.39, 0.29) is 12.1 Å². The minimum atomic E-state index is -2.06. The molecule has 0 amide bonds. The van der Waals surface area contributed by atoms with Gasteiger partial charge < -0.3 is 9.47 Å². The molecule has 1 aromatic heterocycles. The van der Waals surface area contributed by atoms with Crippen LogP contribution in [0.25, 0.3) is 22.0 Å². The van der Waals surface area contributed by atoms with E-state index in [1.807, 2.05) is 24.3 Å². The van der Waals surface area contributed by atoms with E-state index in [0.717, 1.165) is 11.1 Å². The average Bonchev–Trinajstić information content (AvgIpc) is 2.66. The van der Waals surface area contributed by atoms with Crippen LogP contribution in [-0.4, -0.2) is 33.2 Å². The molecule has 3 N–H and O–H groups in total. The van der Waals surface area contributed by atoms with Crippen molar-refractivity contribution in [3.05, 3.63) is 52.3 Å². The first kappa shape index (κ1) is 18.1. The van der Waals surface area contributed by atoms with Crippen molar-refractivity contribution in [1.82, 2.24) is 14.9 Å². The molecule has 0 fully saturated rings. The number of methoxy groups -OCH3 is 2. The lowest BCUT2D eigenvalue weighted by Gasteiger charge is -2.11. The zero-order chi connectivity index (χ0) is 18.7. The second-order valence-corrected chi connectivity index (χ2v) is 6.21. The van der Waals surface area contributed by atoms with Crippen LogP contribution < -0.4 is 19.8 Å². The van der Waals surface area contributed by atoms with Gasteiger partial charge in [-0.05, 0) is 17.7 Å². The highest BCUT2D eigenvalue weighted by atomic mass is 32.2. The Hall–Kier alpha value is -2.75. The third-order valence-electron chi connectivity index (χ3n) is 3.92. The van der Waals surface area contributed by atoms with Gasteiger partial charge in [0.2, 0.25) is 11.3 Å². The van der Waals surface area contributed by atoms with Crippen molar-refractivity contribution in [2.45, 2.75) is 6.54 Å². The van der Waals surface area contributed by atoms with Gasteiger partial charge in [0.25, 0.3) is 5.56 Å². The first-order valence-electron chi connectivity index (χ1n) is 7.61. The van der Waals surface area contributed by atoms with E-state index >= 15 is 0 Å². The molecule has 1 unspecified atom stereocenters. The van der Waals surface area contributed by atoms with Crippen LogP contribution in [0.15, 0.2) is 41.2 Å². The predicted octanol–water partition coefficient (Wildman–Crippen LogP) is 1.83. The normalized spacial score (nSPS) is 12.1. The van der Waals surface area contributed by atoms with E-state index in [2.05, 4.69) is 14.9 Å². The van der Waals surface area contributed by atoms with Gasteiger partial charge in [-0.3, -0.25) is 9.35 Å². The number of ether oxygens (including phenoxy) is 2. The van der Waals surface area contributed by atoms with Crippen LogP contribution in [0.1, 0.15) is 5.56 Å². The Bertz CT molecular complexity index is 1020. The van der Waals surface area contributed by atoms with Crippen LogP contribution in [-0.2, 0) is 17.8 Å². The second kappa shape index (κ2) is 7.65. The summed E-state index contributed by atoms with van der Waals surface area (Å²) < 4.78 is 32.5. The number of hydrogen-bond acceptors (Lipinski definition) is 5. The number of nitrogens with zero attached hydrogens (tertiary/aromatic N) is 1. The third-order valence-corrected chi connectivity index (χ3v) is 4.31. The third kappa shape index (κ3) is 3.59. The van der Waals surface area contributed by atoms with E-state index in [4.69, 9.17) is 14.0 Å². The van der Waals surface area contributed by atoms with Crippen LogP contribution in [0.3, 0.4) is 0 Å². The highest BCUT2D eigenvalue weighted by molar-refractivity contribution is 7.77. The Morgan fingerprint density at radius 1 is 1.12 bits per heavy atom. The van der Waals surface area contributed by atoms with Crippen molar-refractivity contribution in [2.24, 2.45) is 0 Å². The first-order chi connectivity index (χ1) is 12.5. The molecule has 9 heteroatoms. The Balaban J connectivity index is 2.08. The summed E-state index contributed by atoms with van der Waals surface area (Å²) in [5.41, 5.74) is 1.89. The van der Waals surface area contributed by atoms with E-state index in [9.17, 15) is 9.00 Å². The molecular weight excluding hydrogens is 358 g/mol. The van der Waals surface area contributed by atoms with Gasteiger partial charge in [0.15, 0.2) is 11.5 Å². The van der Waals surface area contributed by atoms with Gasteiger partial charge in [-0.2, -0.15) is 5.10 Å². The molecule has 0 saturated carbocycles. The largest absolute Gasteiger partial charge is 0.493 e. The summed E-state index contributed by atoms with van der Waals surface area (Å²) in [7, 11) is 3.03. The SMILES string of the molecule is COc1cc2c(-c3ccc(CNS(=O)O)cc3)n[nH]c(=O)c2cc1OC. The van der Waals surface area contributed by atoms with E-state index < -0.39 is 11.3 Å². The molecule has 0 aliphatic heterocycles. The molecule has 2 aromatic carbocycles. The number of nitrogens with one attached hydrogen (secondary N) is 2. The van der Waals surface area contributed by atoms with Gasteiger partial charge in [-0.25, -0.2) is 14.0 Å². The summed E-state index contributed by atoms with van der Waals surface area (Å²) in [5.74, 6) is 0.959. The number of rotatable bonds is 6. The fourth-order valence-electron chi connectivity index (χ4n) is 2.64. The lowest BCUT2D eigenvalue weighted by atomic mass is 10.0. The minimum Gasteiger partial charge on any atom is -0.493 e. The van der Waals surface area contributed by atoms with Crippen LogP contribution in [0.4, 0.5) is 0 Å². The smallest absolute Gasteiger partial charge is 0.272 e. The summed E-state index contributed by atoms with van der Waals surface area (Å²) >= 11 is -2.06. The number of H-pyrrole nitrogens is 1. The zero-order valence-electron chi connectivity index (χ0n) is 14.1. The molecule has 1 heterocycles. The quantitative estimate of drug-likeness (QED) is 0.567. The van der Waals surface area contributed by atoms with E-state index in [0.29, 0.717) is 28.0 Å². The molecule has 0 aliphatic rings. The fraction of sp³-hybridized carbons (Fsp3) is 0.176. The molecular formula is C17H17N3O5S. The van der Waals surface area contributed by atoms with Crippen LogP contribution >= 0.6 is 0 Å². The first-order valence-corrected chi connectivity index (χ1v) is 8.72. The van der Waals surface area contributed by atoms with Gasteiger partial charge >= 0.3 is 0 Å². The molecule has 136 valence electrons. The van der Waals surface area contributed by atoms with Crippen molar-refractivity contribution < 1.29 is 18.2 Å². The number of aromatic nitrogens is 2. The molecule has 0 spiro atoms. The van der Waals surface area contributed by atoms with Gasteiger partial charge in [0.05, 0.1) is 25.3 Å². The molecule has 0 aliphatic carbocycles. The van der Waals surface area contributed by atoms with Crippen LogP contribution in [0.5, 0.6) is 11.5 Å². The van der Waals surface area contributed by atoms with Crippen molar-refractivity contribution in [2.75, 3.05) is 14.2 Å². The van der Waals surface area contributed by atoms with Crippen LogP contribution in [0.2, 0.25) is 0 Å². The standard InChI is InChI=1S/C17H17N3O5S/c1-24-14-7-12-13(8-15(14)25-2)17(21)20-19-16(12)11-5-3-10(4-6-11)9-18-26(22)23/h3-8,18H,9H2,1-2H3,(H,20,21)(H,22,23). The Morgan fingerprint density at radius 2 is 1.73 bits per heavy atom. The van der Waals surface area contributed by atoms with Gasteiger partial charge in [-0.1, -0.05) is 24.3 Å². The second-order valence-electron chi connectivity index (χ2n) is 5.42. The topological polar surface area (TPSA) is 114 Å². The summed E-state index contributed by atoms with van der Waals surface area (Å²) in [6, 6.07) is 10.6. The maximum atomic E-state index is 12.2. The number of aromatic amines is 1. The number of fused-ring (bicyclic) bond motifs is 1. The molecule has 8 nitrogen and oxygen atoms in total. The highest BCUT2D eigenvalue weighted by Gasteiger charge is 2.14. The summed E-state index contributed by atoms with van der Waals surface area (Å²) in [5, 5.41) is 7.74. The van der Waals surface area contributed by atoms with Crippen molar-refractivity contribution in [3.63, 3.8) is 0 Å². The lowest BCUT2D eigenvalue weighted by Crippen LogP contribution is -2.15. The molecule has 0 saturated heterocycles. The van der Waals surface area contributed by atoms with Crippen molar-refractivity contribution in [3.8, 4) is 22.8 Å². The van der Waals surface area contributed by atoms with Gasteiger partial charge in [-0.15, -0.1) is 0 Å². The molecule has 3 rings (SSSR count). The van der Waals surface area contributed by atoms with Gasteiger partial charge in [0.1, 0.15) is 0 Å². The maximum absolute atomic E-state index is 12.2. The average molecular weight is 375 g/mol. The summed E-state index contributed by atoms with van der Waals surface area (Å²) in [4.78, 5) is 12.2. The van der Waals surface area contributed by atoms with E-state index in [1.165, 1.54) is 14.2 Å². The maximum Gasteiger partial charge on any atom is 0.272 e. The zero-order valence-corrected chi connectivity index (χ0v) is 14.9. The molecule has 26 heavy (non-hydrogen) atoms. The Labute approximate surface area is 151 Å². The molecule has 0 radical (unpaired) electrons. The number of benzene rings is 2. The van der Waals surface area contributed by atoms with E-state index in [1.54, 1.807) is 12.1 Å².